The highest BCUT2D eigenvalue weighted by atomic mass is 16.7. The number of aliphatic hydroxyl groups is 7. The Bertz CT molecular complexity index is 1430. The number of unbranched alkanes of at least 4 members (excludes halogenated alkanes) is 10. The van der Waals surface area contributed by atoms with E-state index in [1.165, 1.54) is 0 Å². The summed E-state index contributed by atoms with van der Waals surface area (Å²) in [5, 5.41) is 72.0. The van der Waals surface area contributed by atoms with E-state index in [-0.39, 0.29) is 19.4 Å². The van der Waals surface area contributed by atoms with Crippen molar-refractivity contribution in [3.63, 3.8) is 0 Å². The predicted octanol–water partition coefficient (Wildman–Crippen LogP) is 6.26. The number of hydrogen-bond donors (Lipinski definition) is 7. The van der Waals surface area contributed by atoms with Gasteiger partial charge in [-0.3, -0.25) is 9.59 Å². The number of allylic oxidation sites excluding steroid dienone is 12. The minimum absolute atomic E-state index is 0.138. The number of aliphatic hydroxyl groups excluding tert-OH is 7. The fourth-order valence-corrected chi connectivity index (χ4v) is 7.18. The summed E-state index contributed by atoms with van der Waals surface area (Å²) in [7, 11) is 0. The van der Waals surface area contributed by atoms with Crippen LogP contribution in [0.25, 0.3) is 0 Å². The van der Waals surface area contributed by atoms with Crippen LogP contribution in [0.2, 0.25) is 0 Å². The quantitative estimate of drug-likeness (QED) is 0.0209. The van der Waals surface area contributed by atoms with Crippen LogP contribution in [0, 0.1) is 0 Å². The van der Waals surface area contributed by atoms with Gasteiger partial charge in [-0.25, -0.2) is 0 Å². The summed E-state index contributed by atoms with van der Waals surface area (Å²) >= 11 is 0. The molecule has 0 aromatic rings. The zero-order chi connectivity index (χ0) is 48.2. The second kappa shape index (κ2) is 37.9. The molecule has 0 amide bonds. The van der Waals surface area contributed by atoms with Crippen molar-refractivity contribution in [2.45, 2.75) is 210 Å². The van der Waals surface area contributed by atoms with E-state index in [9.17, 15) is 45.3 Å². The van der Waals surface area contributed by atoms with Gasteiger partial charge in [-0.05, 0) is 77.0 Å². The first-order chi connectivity index (χ1) is 32.0. The predicted molar refractivity (Wildman–Crippen MR) is 252 cm³/mol. The molecule has 0 aromatic heterocycles. The number of esters is 2. The van der Waals surface area contributed by atoms with Crippen molar-refractivity contribution >= 4 is 11.9 Å². The average Bonchev–Trinajstić information content (AvgIpc) is 3.31. The van der Waals surface area contributed by atoms with E-state index in [0.717, 1.165) is 103 Å². The van der Waals surface area contributed by atoms with Gasteiger partial charge < -0.3 is 64.2 Å². The highest BCUT2D eigenvalue weighted by Gasteiger charge is 2.47. The van der Waals surface area contributed by atoms with Crippen molar-refractivity contribution in [2.75, 3.05) is 26.4 Å². The lowest BCUT2D eigenvalue weighted by atomic mass is 9.98. The standard InChI is InChI=1S/C51H84O15/c1-3-5-7-9-11-13-15-17-19-21-23-25-27-29-31-33-42(53)61-36-39(64-43(54)34-32-30-28-26-24-22-20-18-16-14-12-10-8-6-4-2)37-62-50-49(60)47(58)45(56)41(66-50)38-63-51-48(59)46(57)44(55)40(35-52)65-51/h5-8,11-14,17-20,39-41,44-52,55-60H,3-4,9-10,15-16,21-38H2,1-2H3/b7-5-,8-6-,13-11-,14-12-,19-17-,20-18-/t39-,40-,41-,44+,45+,46+,47+,48-,49-,50-,51+/m1/s1. The smallest absolute Gasteiger partial charge is 0.306 e. The minimum Gasteiger partial charge on any atom is -0.462 e. The first kappa shape index (κ1) is 59.1. The van der Waals surface area contributed by atoms with Gasteiger partial charge in [0, 0.05) is 12.8 Å². The Kier molecular flexibility index (Phi) is 33.9. The zero-order valence-corrected chi connectivity index (χ0v) is 39.6. The third-order valence-electron chi connectivity index (χ3n) is 11.2. The molecule has 0 saturated carbocycles. The maximum absolute atomic E-state index is 13.0. The second-order valence-electron chi connectivity index (χ2n) is 16.9. The van der Waals surface area contributed by atoms with Crippen molar-refractivity contribution in [2.24, 2.45) is 0 Å². The number of hydrogen-bond acceptors (Lipinski definition) is 15. The van der Waals surface area contributed by atoms with Crippen LogP contribution in [0.5, 0.6) is 0 Å². The molecule has 2 fully saturated rings. The second-order valence-corrected chi connectivity index (χ2v) is 16.9. The molecule has 2 aliphatic heterocycles. The third-order valence-corrected chi connectivity index (χ3v) is 11.2. The third kappa shape index (κ3) is 25.9. The van der Waals surface area contributed by atoms with Gasteiger partial charge in [-0.15, -0.1) is 0 Å². The van der Waals surface area contributed by atoms with Gasteiger partial charge in [0.25, 0.3) is 0 Å². The van der Waals surface area contributed by atoms with Crippen LogP contribution in [0.1, 0.15) is 142 Å². The van der Waals surface area contributed by atoms with Crippen LogP contribution >= 0.6 is 0 Å². The molecule has 2 saturated heterocycles. The SMILES string of the molecule is CC/C=C\C/C=C\C/C=C\CCCCCCCC(=O)OC[C@H](CO[C@@H]1O[C@H](CO[C@H]2O[C@H](CO)[C@H](O)[C@H](O)[C@H]2O)[C@H](O)[C@H](O)[C@H]1O)OC(=O)CCCCCCC/C=C\C/C=C\C/C=C\CC. The van der Waals surface area contributed by atoms with Crippen molar-refractivity contribution < 1.29 is 73.8 Å². The fourth-order valence-electron chi connectivity index (χ4n) is 7.18. The Morgan fingerprint density at radius 1 is 0.485 bits per heavy atom. The molecule has 0 aromatic carbocycles. The summed E-state index contributed by atoms with van der Waals surface area (Å²) in [4.78, 5) is 25.7. The molecule has 2 rings (SSSR count). The van der Waals surface area contributed by atoms with Crippen LogP contribution in [-0.4, -0.2) is 142 Å². The molecule has 7 N–H and O–H groups in total. The lowest BCUT2D eigenvalue weighted by Gasteiger charge is -2.42. The molecule has 2 aliphatic rings. The van der Waals surface area contributed by atoms with Gasteiger partial charge in [-0.1, -0.05) is 125 Å². The fraction of sp³-hybridized carbons (Fsp3) is 0.725. The summed E-state index contributed by atoms with van der Waals surface area (Å²) < 4.78 is 33.5. The summed E-state index contributed by atoms with van der Waals surface area (Å²) in [5.41, 5.74) is 0. The molecular formula is C51H84O15. The van der Waals surface area contributed by atoms with Crippen molar-refractivity contribution in [1.82, 2.24) is 0 Å². The summed E-state index contributed by atoms with van der Waals surface area (Å²) in [6, 6.07) is 0. The van der Waals surface area contributed by atoms with Gasteiger partial charge >= 0.3 is 11.9 Å². The average molecular weight is 937 g/mol. The summed E-state index contributed by atoms with van der Waals surface area (Å²) in [5.74, 6) is -0.973. The van der Waals surface area contributed by atoms with Gasteiger partial charge in [0.05, 0.1) is 19.8 Å². The van der Waals surface area contributed by atoms with E-state index < -0.39 is 99.3 Å². The largest absolute Gasteiger partial charge is 0.462 e. The molecule has 15 nitrogen and oxygen atoms in total. The van der Waals surface area contributed by atoms with Crippen LogP contribution in [0.4, 0.5) is 0 Å². The Morgan fingerprint density at radius 2 is 0.909 bits per heavy atom. The molecule has 0 radical (unpaired) electrons. The number of carbonyl (C=O) groups is 2. The van der Waals surface area contributed by atoms with Gasteiger partial charge in [0.2, 0.25) is 0 Å². The van der Waals surface area contributed by atoms with E-state index in [1.807, 2.05) is 0 Å². The van der Waals surface area contributed by atoms with Crippen molar-refractivity contribution in [3.05, 3.63) is 72.9 Å². The normalized spacial score (nSPS) is 26.8. The lowest BCUT2D eigenvalue weighted by molar-refractivity contribution is -0.332. The molecule has 0 unspecified atom stereocenters. The van der Waals surface area contributed by atoms with Crippen LogP contribution in [-0.2, 0) is 38.0 Å². The number of rotatable bonds is 36. The van der Waals surface area contributed by atoms with Crippen LogP contribution in [0.15, 0.2) is 72.9 Å². The van der Waals surface area contributed by atoms with E-state index >= 15 is 0 Å². The van der Waals surface area contributed by atoms with E-state index in [2.05, 4.69) is 86.8 Å². The highest BCUT2D eigenvalue weighted by Crippen LogP contribution is 2.26. The topological polar surface area (TPSA) is 231 Å². The van der Waals surface area contributed by atoms with Gasteiger partial charge in [0.1, 0.15) is 55.4 Å². The maximum Gasteiger partial charge on any atom is 0.306 e. The van der Waals surface area contributed by atoms with Crippen LogP contribution in [0.3, 0.4) is 0 Å². The molecule has 15 heteroatoms. The summed E-state index contributed by atoms with van der Waals surface area (Å²) in [6.07, 6.45) is 26.5. The Balaban J connectivity index is 1.84. The minimum atomic E-state index is -1.77. The van der Waals surface area contributed by atoms with E-state index in [0.29, 0.717) is 12.8 Å². The van der Waals surface area contributed by atoms with Crippen molar-refractivity contribution in [1.29, 1.82) is 0 Å². The molecule has 11 atom stereocenters. The zero-order valence-electron chi connectivity index (χ0n) is 39.6. The van der Waals surface area contributed by atoms with E-state index in [1.54, 1.807) is 0 Å². The Labute approximate surface area is 393 Å². The van der Waals surface area contributed by atoms with Crippen molar-refractivity contribution in [3.8, 4) is 0 Å². The number of ether oxygens (including phenoxy) is 6. The molecule has 0 bridgehead atoms. The molecular weight excluding hydrogens is 853 g/mol. The highest BCUT2D eigenvalue weighted by molar-refractivity contribution is 5.70. The first-order valence-corrected chi connectivity index (χ1v) is 24.5. The van der Waals surface area contributed by atoms with E-state index in [4.69, 9.17) is 28.4 Å². The Hall–Kier alpha value is -3.06. The molecule has 378 valence electrons. The van der Waals surface area contributed by atoms with Gasteiger partial charge in [-0.2, -0.15) is 0 Å². The van der Waals surface area contributed by atoms with Crippen LogP contribution < -0.4 is 0 Å². The molecule has 0 aliphatic carbocycles. The number of carbonyl (C=O) groups excluding carboxylic acids is 2. The lowest BCUT2D eigenvalue weighted by Crippen LogP contribution is -2.61. The van der Waals surface area contributed by atoms with Gasteiger partial charge in [0.15, 0.2) is 18.7 Å². The maximum atomic E-state index is 13.0. The molecule has 0 spiro atoms. The summed E-state index contributed by atoms with van der Waals surface area (Å²) in [6.45, 7) is 2.30. The molecule has 2 heterocycles. The Morgan fingerprint density at radius 3 is 1.42 bits per heavy atom. The molecule has 66 heavy (non-hydrogen) atoms. The monoisotopic (exact) mass is 937 g/mol. The first-order valence-electron chi connectivity index (χ1n) is 24.5.